The van der Waals surface area contributed by atoms with Gasteiger partial charge in [-0.2, -0.15) is 0 Å². The molecule has 156 valence electrons. The molecule has 6 nitrogen and oxygen atoms in total. The number of carbonyl (C=O) groups is 2. The summed E-state index contributed by atoms with van der Waals surface area (Å²) in [5.41, 5.74) is 3.11. The summed E-state index contributed by atoms with van der Waals surface area (Å²) in [4.78, 5) is 33.8. The SMILES string of the molecule is Cc1c(C(=O)N2CC(N[C@H]3CCN(C(=O)c4cscn4)C3)C2)sc2cc(F)ccc12. The molecular weight excluding hydrogens is 423 g/mol. The minimum absolute atomic E-state index is 0.0114. The number of aryl methyl sites for hydroxylation is 1. The van der Waals surface area contributed by atoms with Crippen LogP contribution in [0.5, 0.6) is 0 Å². The fourth-order valence-corrected chi connectivity index (χ4v) is 5.92. The van der Waals surface area contributed by atoms with Gasteiger partial charge in [0.25, 0.3) is 11.8 Å². The Kier molecular flexibility index (Phi) is 5.04. The van der Waals surface area contributed by atoms with E-state index in [2.05, 4.69) is 10.3 Å². The van der Waals surface area contributed by atoms with Gasteiger partial charge in [-0.15, -0.1) is 22.7 Å². The monoisotopic (exact) mass is 444 g/mol. The number of thiazole rings is 1. The summed E-state index contributed by atoms with van der Waals surface area (Å²) in [6.45, 7) is 4.61. The zero-order valence-electron chi connectivity index (χ0n) is 16.4. The molecule has 0 bridgehead atoms. The van der Waals surface area contributed by atoms with E-state index in [0.717, 1.165) is 28.6 Å². The van der Waals surface area contributed by atoms with Gasteiger partial charge < -0.3 is 15.1 Å². The van der Waals surface area contributed by atoms with Crippen LogP contribution in [0, 0.1) is 12.7 Å². The van der Waals surface area contributed by atoms with Crippen molar-refractivity contribution >= 4 is 44.6 Å². The molecule has 0 unspecified atom stereocenters. The van der Waals surface area contributed by atoms with Gasteiger partial charge in [-0.05, 0) is 36.4 Å². The fraction of sp³-hybridized carbons (Fsp3) is 0.381. The normalized spacial score (nSPS) is 19.5. The number of hydrogen-bond donors (Lipinski definition) is 1. The van der Waals surface area contributed by atoms with Crippen LogP contribution >= 0.6 is 22.7 Å². The summed E-state index contributed by atoms with van der Waals surface area (Å²) >= 11 is 2.78. The van der Waals surface area contributed by atoms with Gasteiger partial charge in [-0.3, -0.25) is 9.59 Å². The van der Waals surface area contributed by atoms with Crippen LogP contribution in [0.25, 0.3) is 10.1 Å². The Balaban J connectivity index is 1.16. The van der Waals surface area contributed by atoms with Crippen LogP contribution in [0.2, 0.25) is 0 Å². The second-order valence-electron chi connectivity index (χ2n) is 7.88. The zero-order chi connectivity index (χ0) is 20.8. The van der Waals surface area contributed by atoms with E-state index in [1.54, 1.807) is 17.0 Å². The fourth-order valence-electron chi connectivity index (χ4n) is 4.19. The lowest BCUT2D eigenvalue weighted by Crippen LogP contribution is -2.62. The number of likely N-dealkylation sites (tertiary alicyclic amines) is 2. The second kappa shape index (κ2) is 7.72. The van der Waals surface area contributed by atoms with E-state index < -0.39 is 0 Å². The van der Waals surface area contributed by atoms with Gasteiger partial charge in [0.15, 0.2) is 0 Å². The van der Waals surface area contributed by atoms with Crippen molar-refractivity contribution in [1.29, 1.82) is 0 Å². The van der Waals surface area contributed by atoms with Gasteiger partial charge in [-0.25, -0.2) is 9.37 Å². The molecule has 9 heteroatoms. The first-order valence-corrected chi connectivity index (χ1v) is 11.7. The third-order valence-electron chi connectivity index (χ3n) is 5.86. The van der Waals surface area contributed by atoms with Gasteiger partial charge in [-0.1, -0.05) is 6.07 Å². The molecule has 1 N–H and O–H groups in total. The number of hydrogen-bond acceptors (Lipinski definition) is 6. The van der Waals surface area contributed by atoms with Gasteiger partial charge in [0.1, 0.15) is 11.5 Å². The topological polar surface area (TPSA) is 65.5 Å². The van der Waals surface area contributed by atoms with E-state index in [1.807, 2.05) is 16.7 Å². The van der Waals surface area contributed by atoms with Crippen molar-refractivity contribution in [3.05, 3.63) is 51.0 Å². The van der Waals surface area contributed by atoms with Crippen LogP contribution in [0.15, 0.2) is 29.1 Å². The van der Waals surface area contributed by atoms with Gasteiger partial charge in [0.05, 0.1) is 10.4 Å². The lowest BCUT2D eigenvalue weighted by molar-refractivity contribution is 0.0557. The highest BCUT2D eigenvalue weighted by atomic mass is 32.1. The lowest BCUT2D eigenvalue weighted by atomic mass is 10.1. The highest BCUT2D eigenvalue weighted by Gasteiger charge is 2.36. The summed E-state index contributed by atoms with van der Waals surface area (Å²) in [6.07, 6.45) is 0.904. The summed E-state index contributed by atoms with van der Waals surface area (Å²) < 4.78 is 14.3. The smallest absolute Gasteiger partial charge is 0.273 e. The average Bonchev–Trinajstić information content (AvgIpc) is 3.44. The van der Waals surface area contributed by atoms with E-state index >= 15 is 0 Å². The highest BCUT2D eigenvalue weighted by Crippen LogP contribution is 2.33. The Morgan fingerprint density at radius 1 is 1.17 bits per heavy atom. The number of nitrogens with one attached hydrogen (secondary N) is 1. The standard InChI is InChI=1S/C21H21FN4O2S2/c1-12-16-3-2-13(22)6-18(16)30-19(12)21(28)26-8-15(9-26)24-14-4-5-25(7-14)20(27)17-10-29-11-23-17/h2-3,6,10-11,14-15,24H,4-5,7-9H2,1H3/t14-/m0/s1. The van der Waals surface area contributed by atoms with Crippen molar-refractivity contribution in [3.63, 3.8) is 0 Å². The van der Waals surface area contributed by atoms with E-state index in [0.29, 0.717) is 30.2 Å². The Hall–Kier alpha value is -2.36. The van der Waals surface area contributed by atoms with E-state index in [1.165, 1.54) is 34.8 Å². The molecular formula is C21H21FN4O2S2. The molecule has 2 aromatic heterocycles. The lowest BCUT2D eigenvalue weighted by Gasteiger charge is -2.41. The predicted molar refractivity (Wildman–Crippen MR) is 116 cm³/mol. The van der Waals surface area contributed by atoms with Crippen molar-refractivity contribution in [2.45, 2.75) is 25.4 Å². The first-order valence-electron chi connectivity index (χ1n) is 9.91. The molecule has 2 fully saturated rings. The summed E-state index contributed by atoms with van der Waals surface area (Å²) in [5, 5.41) is 6.30. The average molecular weight is 445 g/mol. The Morgan fingerprint density at radius 2 is 1.97 bits per heavy atom. The van der Waals surface area contributed by atoms with E-state index in [4.69, 9.17) is 0 Å². The number of carbonyl (C=O) groups excluding carboxylic acids is 2. The van der Waals surface area contributed by atoms with Crippen LogP contribution < -0.4 is 5.32 Å². The van der Waals surface area contributed by atoms with E-state index in [9.17, 15) is 14.0 Å². The maximum atomic E-state index is 13.5. The number of halogens is 1. The van der Waals surface area contributed by atoms with Gasteiger partial charge in [0, 0.05) is 48.3 Å². The first kappa shape index (κ1) is 19.6. The molecule has 3 aromatic rings. The number of rotatable bonds is 4. The number of fused-ring (bicyclic) bond motifs is 1. The molecule has 0 saturated carbocycles. The number of benzene rings is 1. The molecule has 30 heavy (non-hydrogen) atoms. The van der Waals surface area contributed by atoms with Crippen molar-refractivity contribution in [1.82, 2.24) is 20.1 Å². The Labute approximate surface area is 181 Å². The molecule has 1 atom stereocenters. The van der Waals surface area contributed by atoms with Crippen molar-refractivity contribution in [2.75, 3.05) is 26.2 Å². The Morgan fingerprint density at radius 3 is 2.73 bits per heavy atom. The zero-order valence-corrected chi connectivity index (χ0v) is 18.1. The minimum atomic E-state index is -0.283. The molecule has 1 aromatic carbocycles. The molecule has 0 radical (unpaired) electrons. The highest BCUT2D eigenvalue weighted by molar-refractivity contribution is 7.21. The third-order valence-corrected chi connectivity index (χ3v) is 7.69. The molecule has 2 saturated heterocycles. The number of nitrogens with zero attached hydrogens (tertiary/aromatic N) is 3. The minimum Gasteiger partial charge on any atom is -0.336 e. The maximum absolute atomic E-state index is 13.5. The van der Waals surface area contributed by atoms with Crippen LogP contribution in [0.1, 0.15) is 32.1 Å². The number of aromatic nitrogens is 1. The quantitative estimate of drug-likeness (QED) is 0.672. The largest absolute Gasteiger partial charge is 0.336 e. The van der Waals surface area contributed by atoms with Crippen molar-refractivity contribution < 1.29 is 14.0 Å². The molecule has 4 heterocycles. The summed E-state index contributed by atoms with van der Waals surface area (Å²) in [7, 11) is 0. The van der Waals surface area contributed by atoms with Crippen LogP contribution in [0.4, 0.5) is 4.39 Å². The molecule has 2 amide bonds. The van der Waals surface area contributed by atoms with Crippen molar-refractivity contribution in [2.24, 2.45) is 0 Å². The van der Waals surface area contributed by atoms with Gasteiger partial charge in [0.2, 0.25) is 0 Å². The second-order valence-corrected chi connectivity index (χ2v) is 9.65. The molecule has 0 spiro atoms. The first-order chi connectivity index (χ1) is 14.5. The van der Waals surface area contributed by atoms with Crippen LogP contribution in [-0.2, 0) is 0 Å². The number of thiophene rings is 1. The van der Waals surface area contributed by atoms with Crippen molar-refractivity contribution in [3.8, 4) is 0 Å². The van der Waals surface area contributed by atoms with Crippen LogP contribution in [-0.4, -0.2) is 64.9 Å². The van der Waals surface area contributed by atoms with Crippen LogP contribution in [0.3, 0.4) is 0 Å². The molecule has 0 aliphatic carbocycles. The van der Waals surface area contributed by atoms with E-state index in [-0.39, 0.29) is 29.7 Å². The van der Waals surface area contributed by atoms with Gasteiger partial charge >= 0.3 is 0 Å². The maximum Gasteiger partial charge on any atom is 0.273 e. The third kappa shape index (κ3) is 3.51. The predicted octanol–water partition coefficient (Wildman–Crippen LogP) is 3.13. The molecule has 2 aliphatic heterocycles. The molecule has 5 rings (SSSR count). The summed E-state index contributed by atoms with van der Waals surface area (Å²) in [5.74, 6) is -0.281. The Bertz CT molecular complexity index is 1110. The summed E-state index contributed by atoms with van der Waals surface area (Å²) in [6, 6.07) is 5.14. The molecule has 2 aliphatic rings. The number of amides is 2.